The van der Waals surface area contributed by atoms with E-state index >= 15 is 0 Å². The van der Waals surface area contributed by atoms with Crippen LogP contribution < -0.4 is 4.57 Å². The highest BCUT2D eigenvalue weighted by molar-refractivity contribution is 6.30. The summed E-state index contributed by atoms with van der Waals surface area (Å²) in [5.41, 5.74) is 1.83. The molecular weight excluding hydrogens is 342 g/mol. The van der Waals surface area contributed by atoms with Crippen LogP contribution in [0.3, 0.4) is 0 Å². The van der Waals surface area contributed by atoms with Gasteiger partial charge in [-0.1, -0.05) is 28.7 Å². The van der Waals surface area contributed by atoms with E-state index < -0.39 is 6.04 Å². The second kappa shape index (κ2) is 5.42. The molecule has 2 aliphatic heterocycles. The molecule has 3 heterocycles. The average molecular weight is 359 g/mol. The molecule has 128 valence electrons. The third-order valence-electron chi connectivity index (χ3n) is 4.74. The Bertz CT molecular complexity index is 931. The molecule has 2 aromatic rings. The first kappa shape index (κ1) is 15.8. The summed E-state index contributed by atoms with van der Waals surface area (Å²) in [4.78, 5) is 33.0. The van der Waals surface area contributed by atoms with Gasteiger partial charge in [-0.25, -0.2) is 13.9 Å². The molecule has 8 heteroatoms. The van der Waals surface area contributed by atoms with E-state index in [0.29, 0.717) is 16.8 Å². The van der Waals surface area contributed by atoms with Crippen LogP contribution in [0.25, 0.3) is 0 Å². The summed E-state index contributed by atoms with van der Waals surface area (Å²) in [5.74, 6) is 0.859. The second-order valence-electron chi connectivity index (χ2n) is 6.30. The summed E-state index contributed by atoms with van der Waals surface area (Å²) in [6.07, 6.45) is 1.89. The number of amidine groups is 1. The molecule has 3 amide bonds. The van der Waals surface area contributed by atoms with E-state index in [1.54, 1.807) is 19.2 Å². The topological polar surface area (TPSA) is 61.8 Å². The number of aryl methyl sites for hydroxylation is 1. The largest absolute Gasteiger partial charge is 0.401 e. The first-order valence-electron chi connectivity index (χ1n) is 7.88. The van der Waals surface area contributed by atoms with Crippen molar-refractivity contribution in [2.75, 3.05) is 7.05 Å². The molecule has 0 spiro atoms. The first-order valence-corrected chi connectivity index (χ1v) is 8.26. The Hall–Kier alpha value is -2.67. The molecule has 0 N–H and O–H groups in total. The van der Waals surface area contributed by atoms with Crippen molar-refractivity contribution in [1.29, 1.82) is 0 Å². The Balaban J connectivity index is 1.72. The van der Waals surface area contributed by atoms with Gasteiger partial charge < -0.3 is 0 Å². The maximum Gasteiger partial charge on any atom is 0.401 e. The van der Waals surface area contributed by atoms with Gasteiger partial charge in [-0.15, -0.1) is 0 Å². The number of carbonyl (C=O) groups excluding carboxylic acids is 2. The summed E-state index contributed by atoms with van der Waals surface area (Å²) in [7, 11) is 3.54. The van der Waals surface area contributed by atoms with Crippen LogP contribution >= 0.6 is 11.6 Å². The van der Waals surface area contributed by atoms with Crippen LogP contribution in [0, 0.1) is 6.92 Å². The maximum absolute atomic E-state index is 13.1. The number of imide groups is 1. The van der Waals surface area contributed by atoms with E-state index in [1.807, 2.05) is 41.4 Å². The highest BCUT2D eigenvalue weighted by Gasteiger charge is 2.52. The van der Waals surface area contributed by atoms with Crippen molar-refractivity contribution < 1.29 is 14.2 Å². The molecule has 1 atom stereocenters. The number of urea groups is 1. The summed E-state index contributed by atoms with van der Waals surface area (Å²) in [6, 6.07) is 6.13. The number of carbonyl (C=O) groups is 2. The zero-order valence-electron chi connectivity index (χ0n) is 14.1. The van der Waals surface area contributed by atoms with E-state index in [2.05, 4.69) is 4.99 Å². The fraction of sp³-hybridized carbons (Fsp3) is 0.294. The van der Waals surface area contributed by atoms with Gasteiger partial charge >= 0.3 is 12.0 Å². The fourth-order valence-electron chi connectivity index (χ4n) is 3.21. The van der Waals surface area contributed by atoms with Gasteiger partial charge in [-0.3, -0.25) is 14.6 Å². The number of halogens is 1. The quantitative estimate of drug-likeness (QED) is 0.770. The number of nitrogens with zero attached hydrogens (tertiary/aromatic N) is 5. The molecule has 7 nitrogen and oxygen atoms in total. The Morgan fingerprint density at radius 1 is 1.20 bits per heavy atom. The molecule has 1 aromatic carbocycles. The van der Waals surface area contributed by atoms with Crippen molar-refractivity contribution >= 4 is 35.3 Å². The van der Waals surface area contributed by atoms with Crippen molar-refractivity contribution in [1.82, 2.24) is 14.4 Å². The summed E-state index contributed by atoms with van der Waals surface area (Å²) < 4.78 is 3.73. The number of amides is 3. The molecule has 0 aliphatic carbocycles. The number of fused-ring (bicyclic) bond motifs is 3. The maximum atomic E-state index is 13.1. The molecule has 0 bridgehead atoms. The van der Waals surface area contributed by atoms with Crippen molar-refractivity contribution in [2.45, 2.75) is 19.5 Å². The van der Waals surface area contributed by atoms with Crippen molar-refractivity contribution in [3.63, 3.8) is 0 Å². The third kappa shape index (κ3) is 2.26. The first-order chi connectivity index (χ1) is 11.9. The molecule has 1 saturated heterocycles. The summed E-state index contributed by atoms with van der Waals surface area (Å²) in [5, 5.41) is 0.613. The van der Waals surface area contributed by atoms with E-state index in [4.69, 9.17) is 11.6 Å². The van der Waals surface area contributed by atoms with Gasteiger partial charge in [0.05, 0.1) is 13.6 Å². The van der Waals surface area contributed by atoms with Gasteiger partial charge in [0.25, 0.3) is 5.91 Å². The number of imidazole rings is 1. The minimum atomic E-state index is -0.607. The fourth-order valence-corrected chi connectivity index (χ4v) is 3.34. The van der Waals surface area contributed by atoms with Gasteiger partial charge in [-0.05, 0) is 24.6 Å². The number of hydrogen-bond acceptors (Lipinski definition) is 3. The zero-order valence-corrected chi connectivity index (χ0v) is 14.9. The number of hydrogen-bond donors (Lipinski definition) is 0. The smallest absolute Gasteiger partial charge is 0.270 e. The number of benzene rings is 1. The summed E-state index contributed by atoms with van der Waals surface area (Å²) in [6.45, 7) is 2.15. The number of aliphatic imine (C=N–C) groups is 1. The minimum Gasteiger partial charge on any atom is -0.270 e. The Labute approximate surface area is 149 Å². The predicted molar refractivity (Wildman–Crippen MR) is 91.6 cm³/mol. The molecular formula is C17H17ClN5O2+. The molecule has 0 saturated carbocycles. The normalized spacial score (nSPS) is 19.2. The second-order valence-corrected chi connectivity index (χ2v) is 6.74. The molecule has 25 heavy (non-hydrogen) atoms. The van der Waals surface area contributed by atoms with Crippen molar-refractivity contribution in [3.05, 3.63) is 46.7 Å². The van der Waals surface area contributed by atoms with Gasteiger partial charge in [0.2, 0.25) is 11.9 Å². The van der Waals surface area contributed by atoms with Crippen LogP contribution in [-0.2, 0) is 18.4 Å². The predicted octanol–water partition coefficient (Wildman–Crippen LogP) is 1.95. The van der Waals surface area contributed by atoms with Crippen LogP contribution in [0.2, 0.25) is 5.02 Å². The average Bonchev–Trinajstić information content (AvgIpc) is 3.09. The lowest BCUT2D eigenvalue weighted by Crippen LogP contribution is -2.62. The monoisotopic (exact) mass is 358 g/mol. The van der Waals surface area contributed by atoms with Crippen LogP contribution in [0.5, 0.6) is 0 Å². The van der Waals surface area contributed by atoms with Crippen LogP contribution in [0.1, 0.15) is 17.3 Å². The number of aromatic nitrogens is 2. The van der Waals surface area contributed by atoms with E-state index in [1.165, 1.54) is 9.80 Å². The SMILES string of the molecule is Cc1c[n+]2c(n1C)N=C1C2C(=O)N(Cc2ccc(Cl)cc2)C(=O)N1C. The molecule has 1 unspecified atom stereocenters. The number of likely N-dealkylation sites (N-methyl/N-ethyl adjacent to an activating group) is 1. The molecule has 0 radical (unpaired) electrons. The molecule has 1 aromatic heterocycles. The molecule has 4 rings (SSSR count). The highest BCUT2D eigenvalue weighted by Crippen LogP contribution is 2.29. The lowest BCUT2D eigenvalue weighted by atomic mass is 10.1. The number of rotatable bonds is 2. The Morgan fingerprint density at radius 2 is 1.88 bits per heavy atom. The van der Waals surface area contributed by atoms with Crippen molar-refractivity contribution in [3.8, 4) is 0 Å². The zero-order chi connectivity index (χ0) is 17.9. The van der Waals surface area contributed by atoms with Crippen LogP contribution in [0.15, 0.2) is 35.5 Å². The Morgan fingerprint density at radius 3 is 2.56 bits per heavy atom. The standard InChI is InChI=1S/C17H17ClN5O2/c1-10-8-22-13-14(19-16(22)20(10)2)21(3)17(25)23(15(13)24)9-11-4-6-12(18)7-5-11/h4-8,13H,9H2,1-3H3/q+1. The van der Waals surface area contributed by atoms with Gasteiger partial charge in [0.1, 0.15) is 11.9 Å². The van der Waals surface area contributed by atoms with Crippen molar-refractivity contribution in [2.24, 2.45) is 12.0 Å². The van der Waals surface area contributed by atoms with Crippen LogP contribution in [-0.4, -0.2) is 39.2 Å². The van der Waals surface area contributed by atoms with Crippen LogP contribution in [0.4, 0.5) is 10.7 Å². The lowest BCUT2D eigenvalue weighted by Gasteiger charge is -2.33. The molecule has 2 aliphatic rings. The van der Waals surface area contributed by atoms with Gasteiger partial charge in [-0.2, -0.15) is 0 Å². The molecule has 1 fully saturated rings. The third-order valence-corrected chi connectivity index (χ3v) is 4.99. The Kier molecular flexibility index (Phi) is 3.43. The van der Waals surface area contributed by atoms with Gasteiger partial charge in [0, 0.05) is 12.1 Å². The van der Waals surface area contributed by atoms with E-state index in [0.717, 1.165) is 11.3 Å². The lowest BCUT2D eigenvalue weighted by molar-refractivity contribution is -0.677. The van der Waals surface area contributed by atoms with E-state index in [-0.39, 0.29) is 18.5 Å². The summed E-state index contributed by atoms with van der Waals surface area (Å²) >= 11 is 5.90. The minimum absolute atomic E-state index is 0.199. The van der Waals surface area contributed by atoms with E-state index in [9.17, 15) is 9.59 Å². The highest BCUT2D eigenvalue weighted by atomic mass is 35.5. The van der Waals surface area contributed by atoms with Gasteiger partial charge in [0.15, 0.2) is 0 Å².